The summed E-state index contributed by atoms with van der Waals surface area (Å²) in [5.41, 5.74) is -0.800. The minimum Gasteiger partial charge on any atom is -0.481 e. The Hall–Kier alpha value is -1.77. The molecule has 6 heteroatoms. The van der Waals surface area contributed by atoms with Crippen LogP contribution in [0.2, 0.25) is 0 Å². The Bertz CT molecular complexity index is 377. The normalized spacial score (nSPS) is 22.6. The van der Waals surface area contributed by atoms with Gasteiger partial charge in [-0.2, -0.15) is 5.26 Å². The number of rotatable bonds is 4. The van der Waals surface area contributed by atoms with Crippen LogP contribution in [0.15, 0.2) is 0 Å². The molecule has 0 aliphatic carbocycles. The van der Waals surface area contributed by atoms with Crippen LogP contribution < -0.4 is 0 Å². The van der Waals surface area contributed by atoms with E-state index >= 15 is 0 Å². The maximum atomic E-state index is 12.0. The molecule has 18 heavy (non-hydrogen) atoms. The van der Waals surface area contributed by atoms with Gasteiger partial charge in [-0.3, -0.25) is 4.79 Å². The van der Waals surface area contributed by atoms with E-state index in [4.69, 9.17) is 5.26 Å². The molecule has 0 aromatic heterocycles. The number of hydrogen-bond acceptors (Lipinski definition) is 3. The predicted molar refractivity (Wildman–Crippen MR) is 64.8 cm³/mol. The van der Waals surface area contributed by atoms with Crippen molar-refractivity contribution in [1.29, 1.82) is 5.26 Å². The molecule has 1 aliphatic heterocycles. The molecule has 1 N–H and O–H groups in total. The van der Waals surface area contributed by atoms with Crippen LogP contribution in [-0.4, -0.2) is 53.6 Å². The number of nitrogens with zero attached hydrogens (tertiary/aromatic N) is 3. The number of hydrogen-bond donors (Lipinski definition) is 1. The minimum absolute atomic E-state index is 0.193. The third-order valence-corrected chi connectivity index (χ3v) is 3.64. The van der Waals surface area contributed by atoms with Crippen molar-refractivity contribution in [1.82, 2.24) is 9.80 Å². The molecule has 1 atom stereocenters. The second-order valence-corrected chi connectivity index (χ2v) is 4.72. The Labute approximate surface area is 107 Å². The van der Waals surface area contributed by atoms with Gasteiger partial charge in [-0.25, -0.2) is 4.79 Å². The molecule has 1 saturated heterocycles. The van der Waals surface area contributed by atoms with Gasteiger partial charge in [0.1, 0.15) is 0 Å². The molecule has 0 aromatic carbocycles. The molecule has 1 fully saturated rings. The van der Waals surface area contributed by atoms with Crippen LogP contribution in [0.1, 0.15) is 26.2 Å². The Kier molecular flexibility index (Phi) is 4.54. The standard InChI is InChI=1S/C12H19N3O3/c1-3-12(10(16)17)5-8-15(9-12)11(18)14(2)7-4-6-13/h3-5,7-9H2,1-2H3,(H,16,17). The molecule has 100 valence electrons. The summed E-state index contributed by atoms with van der Waals surface area (Å²) in [5.74, 6) is -0.833. The van der Waals surface area contributed by atoms with Crippen LogP contribution in [0, 0.1) is 16.7 Å². The highest BCUT2D eigenvalue weighted by atomic mass is 16.4. The molecule has 1 heterocycles. The molecule has 0 radical (unpaired) electrons. The third kappa shape index (κ3) is 2.73. The summed E-state index contributed by atoms with van der Waals surface area (Å²) in [6.07, 6.45) is 1.30. The number of aliphatic carboxylic acids is 1. The summed E-state index contributed by atoms with van der Waals surface area (Å²) in [7, 11) is 1.63. The van der Waals surface area contributed by atoms with Gasteiger partial charge in [-0.1, -0.05) is 6.92 Å². The van der Waals surface area contributed by atoms with E-state index in [0.29, 0.717) is 25.9 Å². The average molecular weight is 253 g/mol. The van der Waals surface area contributed by atoms with Gasteiger partial charge in [0.05, 0.1) is 17.9 Å². The van der Waals surface area contributed by atoms with E-state index in [2.05, 4.69) is 0 Å². The van der Waals surface area contributed by atoms with E-state index in [1.54, 1.807) is 11.9 Å². The molecular formula is C12H19N3O3. The van der Waals surface area contributed by atoms with E-state index in [0.717, 1.165) is 0 Å². The summed E-state index contributed by atoms with van der Waals surface area (Å²) in [4.78, 5) is 26.3. The Morgan fingerprint density at radius 2 is 2.22 bits per heavy atom. The average Bonchev–Trinajstić information content (AvgIpc) is 2.80. The number of amides is 2. The predicted octanol–water partition coefficient (Wildman–Crippen LogP) is 1.14. The van der Waals surface area contributed by atoms with Crippen LogP contribution >= 0.6 is 0 Å². The molecule has 1 unspecified atom stereocenters. The van der Waals surface area contributed by atoms with E-state index in [9.17, 15) is 14.7 Å². The number of likely N-dealkylation sites (tertiary alicyclic amines) is 1. The number of urea groups is 1. The molecule has 1 aliphatic rings. The monoisotopic (exact) mass is 253 g/mol. The van der Waals surface area contributed by atoms with E-state index in [1.807, 2.05) is 13.0 Å². The first-order chi connectivity index (χ1) is 8.46. The van der Waals surface area contributed by atoms with Gasteiger partial charge in [0.2, 0.25) is 0 Å². The summed E-state index contributed by atoms with van der Waals surface area (Å²) < 4.78 is 0. The number of carboxylic acids is 1. The number of nitriles is 1. The Morgan fingerprint density at radius 3 is 2.67 bits per heavy atom. The highest BCUT2D eigenvalue weighted by Gasteiger charge is 2.45. The largest absolute Gasteiger partial charge is 0.481 e. The van der Waals surface area contributed by atoms with Crippen LogP contribution in [0.4, 0.5) is 4.79 Å². The fourth-order valence-corrected chi connectivity index (χ4v) is 2.20. The van der Waals surface area contributed by atoms with Crippen molar-refractivity contribution < 1.29 is 14.7 Å². The lowest BCUT2D eigenvalue weighted by molar-refractivity contribution is -0.148. The first-order valence-corrected chi connectivity index (χ1v) is 6.07. The van der Waals surface area contributed by atoms with E-state index in [-0.39, 0.29) is 19.0 Å². The van der Waals surface area contributed by atoms with Crippen LogP contribution in [-0.2, 0) is 4.79 Å². The van der Waals surface area contributed by atoms with Crippen molar-refractivity contribution in [2.24, 2.45) is 5.41 Å². The summed E-state index contributed by atoms with van der Waals surface area (Å²) in [6, 6.07) is 1.79. The van der Waals surface area contributed by atoms with Crippen LogP contribution in [0.5, 0.6) is 0 Å². The maximum Gasteiger partial charge on any atom is 0.319 e. The lowest BCUT2D eigenvalue weighted by Crippen LogP contribution is -2.42. The van der Waals surface area contributed by atoms with Gasteiger partial charge >= 0.3 is 12.0 Å². The first-order valence-electron chi connectivity index (χ1n) is 6.07. The number of carbonyl (C=O) groups excluding carboxylic acids is 1. The van der Waals surface area contributed by atoms with Crippen molar-refractivity contribution in [3.05, 3.63) is 0 Å². The molecular weight excluding hydrogens is 234 g/mol. The molecule has 1 rings (SSSR count). The first kappa shape index (κ1) is 14.3. The van der Waals surface area contributed by atoms with Crippen molar-refractivity contribution in [3.63, 3.8) is 0 Å². The second kappa shape index (κ2) is 5.71. The van der Waals surface area contributed by atoms with Gasteiger partial charge in [-0.15, -0.1) is 0 Å². The quantitative estimate of drug-likeness (QED) is 0.814. The highest BCUT2D eigenvalue weighted by Crippen LogP contribution is 2.34. The minimum atomic E-state index is -0.833. The lowest BCUT2D eigenvalue weighted by Gasteiger charge is -2.26. The highest BCUT2D eigenvalue weighted by molar-refractivity contribution is 5.79. The molecule has 2 amide bonds. The van der Waals surface area contributed by atoms with Gasteiger partial charge in [0, 0.05) is 26.7 Å². The van der Waals surface area contributed by atoms with Crippen molar-refractivity contribution >= 4 is 12.0 Å². The molecule has 0 spiro atoms. The Morgan fingerprint density at radius 1 is 1.56 bits per heavy atom. The fourth-order valence-electron chi connectivity index (χ4n) is 2.20. The summed E-state index contributed by atoms with van der Waals surface area (Å²) in [6.45, 7) is 2.93. The topological polar surface area (TPSA) is 84.6 Å². The third-order valence-electron chi connectivity index (χ3n) is 3.64. The van der Waals surface area contributed by atoms with Gasteiger partial charge < -0.3 is 14.9 Å². The van der Waals surface area contributed by atoms with E-state index in [1.165, 1.54) is 4.90 Å². The zero-order valence-electron chi connectivity index (χ0n) is 10.8. The zero-order valence-corrected chi connectivity index (χ0v) is 10.8. The van der Waals surface area contributed by atoms with Crippen molar-refractivity contribution in [3.8, 4) is 6.07 Å². The SMILES string of the molecule is CCC1(C(=O)O)CCN(C(=O)N(C)CCC#N)C1. The molecule has 0 bridgehead atoms. The smallest absolute Gasteiger partial charge is 0.319 e. The molecule has 0 saturated carbocycles. The summed E-state index contributed by atoms with van der Waals surface area (Å²) >= 11 is 0. The van der Waals surface area contributed by atoms with Crippen molar-refractivity contribution in [2.75, 3.05) is 26.7 Å². The van der Waals surface area contributed by atoms with Gasteiger partial charge in [0.15, 0.2) is 0 Å². The van der Waals surface area contributed by atoms with Crippen molar-refractivity contribution in [2.45, 2.75) is 26.2 Å². The number of carboxylic acid groups (broad SMARTS) is 1. The molecule has 0 aromatic rings. The van der Waals surface area contributed by atoms with Crippen LogP contribution in [0.3, 0.4) is 0 Å². The molecule has 6 nitrogen and oxygen atoms in total. The van der Waals surface area contributed by atoms with E-state index < -0.39 is 11.4 Å². The number of carbonyl (C=O) groups is 2. The van der Waals surface area contributed by atoms with Gasteiger partial charge in [-0.05, 0) is 12.8 Å². The Balaban J connectivity index is 2.64. The summed E-state index contributed by atoms with van der Waals surface area (Å²) in [5, 5.41) is 17.7. The van der Waals surface area contributed by atoms with Gasteiger partial charge in [0.25, 0.3) is 0 Å². The lowest BCUT2D eigenvalue weighted by atomic mass is 9.84. The second-order valence-electron chi connectivity index (χ2n) is 4.72. The van der Waals surface area contributed by atoms with Crippen LogP contribution in [0.25, 0.3) is 0 Å². The maximum absolute atomic E-state index is 12.0. The fraction of sp³-hybridized carbons (Fsp3) is 0.750. The zero-order chi connectivity index (χ0) is 13.8.